The van der Waals surface area contributed by atoms with E-state index in [4.69, 9.17) is 0 Å². The minimum Gasteiger partial charge on any atom is -0.315 e. The Morgan fingerprint density at radius 2 is 1.94 bits per heavy atom. The zero-order chi connectivity index (χ0) is 13.6. The molecule has 6 heteroatoms. The van der Waals surface area contributed by atoms with Crippen LogP contribution < -0.4 is 10.0 Å². The van der Waals surface area contributed by atoms with Crippen LogP contribution in [0.2, 0.25) is 0 Å². The van der Waals surface area contributed by atoms with E-state index in [2.05, 4.69) is 10.0 Å². The van der Waals surface area contributed by atoms with E-state index in [-0.39, 0.29) is 4.90 Å². The van der Waals surface area contributed by atoms with Crippen molar-refractivity contribution >= 4 is 10.0 Å². The molecule has 0 heterocycles. The van der Waals surface area contributed by atoms with Crippen LogP contribution in [0, 0.1) is 12.7 Å². The summed E-state index contributed by atoms with van der Waals surface area (Å²) in [4.78, 5) is 0.124. The highest BCUT2D eigenvalue weighted by Gasteiger charge is 2.16. The van der Waals surface area contributed by atoms with E-state index >= 15 is 0 Å². The molecule has 0 amide bonds. The van der Waals surface area contributed by atoms with Crippen molar-refractivity contribution in [1.29, 1.82) is 0 Å². The SMILES string of the molecule is CCCNCCNS(=O)(=O)c1ccc(F)cc1C. The van der Waals surface area contributed by atoms with Gasteiger partial charge in [-0.15, -0.1) is 0 Å². The first kappa shape index (κ1) is 15.1. The minimum absolute atomic E-state index is 0.124. The second-order valence-electron chi connectivity index (χ2n) is 4.06. The molecule has 0 spiro atoms. The van der Waals surface area contributed by atoms with Gasteiger partial charge in [0.15, 0.2) is 0 Å². The van der Waals surface area contributed by atoms with Crippen LogP contribution in [0.4, 0.5) is 4.39 Å². The van der Waals surface area contributed by atoms with E-state index in [0.717, 1.165) is 19.0 Å². The Morgan fingerprint density at radius 3 is 2.56 bits per heavy atom. The topological polar surface area (TPSA) is 58.2 Å². The number of nitrogens with one attached hydrogen (secondary N) is 2. The summed E-state index contributed by atoms with van der Waals surface area (Å²) in [6, 6.07) is 3.65. The van der Waals surface area contributed by atoms with Crippen molar-refractivity contribution in [3.63, 3.8) is 0 Å². The summed E-state index contributed by atoms with van der Waals surface area (Å²) in [5.74, 6) is -0.434. The Morgan fingerprint density at radius 1 is 1.22 bits per heavy atom. The van der Waals surface area contributed by atoms with Gasteiger partial charge in [-0.3, -0.25) is 0 Å². The minimum atomic E-state index is -3.55. The van der Waals surface area contributed by atoms with Gasteiger partial charge in [0.1, 0.15) is 5.82 Å². The van der Waals surface area contributed by atoms with Crippen molar-refractivity contribution in [3.05, 3.63) is 29.6 Å². The van der Waals surface area contributed by atoms with Gasteiger partial charge in [0, 0.05) is 13.1 Å². The van der Waals surface area contributed by atoms with Gasteiger partial charge in [-0.25, -0.2) is 17.5 Å². The summed E-state index contributed by atoms with van der Waals surface area (Å²) in [5.41, 5.74) is 0.406. The van der Waals surface area contributed by atoms with E-state index in [1.165, 1.54) is 12.1 Å². The lowest BCUT2D eigenvalue weighted by atomic mass is 10.2. The van der Waals surface area contributed by atoms with E-state index in [1.54, 1.807) is 6.92 Å². The summed E-state index contributed by atoms with van der Waals surface area (Å²) in [6.07, 6.45) is 1.00. The molecule has 4 nitrogen and oxygen atoms in total. The third-order valence-corrected chi connectivity index (χ3v) is 4.07. The average Bonchev–Trinajstić information content (AvgIpc) is 2.28. The molecule has 2 N–H and O–H groups in total. The zero-order valence-electron chi connectivity index (χ0n) is 10.7. The van der Waals surface area contributed by atoms with Gasteiger partial charge in [0.2, 0.25) is 10.0 Å². The Kier molecular flexibility index (Phi) is 5.71. The number of hydrogen-bond donors (Lipinski definition) is 2. The maximum atomic E-state index is 12.9. The van der Waals surface area contributed by atoms with Crippen LogP contribution in [-0.2, 0) is 10.0 Å². The van der Waals surface area contributed by atoms with Crippen LogP contribution in [0.1, 0.15) is 18.9 Å². The first-order valence-electron chi connectivity index (χ1n) is 5.94. The number of aryl methyl sites for hydroxylation is 1. The predicted molar refractivity (Wildman–Crippen MR) is 69.5 cm³/mol. The quantitative estimate of drug-likeness (QED) is 0.739. The third-order valence-electron chi connectivity index (χ3n) is 2.45. The molecular weight excluding hydrogens is 255 g/mol. The molecule has 0 bridgehead atoms. The fourth-order valence-corrected chi connectivity index (χ4v) is 2.82. The summed E-state index contributed by atoms with van der Waals surface area (Å²) in [7, 11) is -3.55. The van der Waals surface area contributed by atoms with Crippen LogP contribution in [0.5, 0.6) is 0 Å². The molecule has 0 atom stereocenters. The average molecular weight is 274 g/mol. The van der Waals surface area contributed by atoms with Gasteiger partial charge in [-0.1, -0.05) is 6.92 Å². The summed E-state index contributed by atoms with van der Waals surface area (Å²) in [5, 5.41) is 3.10. The number of halogens is 1. The molecule has 0 radical (unpaired) electrons. The standard InChI is InChI=1S/C12H19FN2O2S/c1-3-6-14-7-8-15-18(16,17)12-5-4-11(13)9-10(12)2/h4-5,9,14-15H,3,6-8H2,1-2H3. The monoisotopic (exact) mass is 274 g/mol. The van der Waals surface area contributed by atoms with Gasteiger partial charge in [-0.2, -0.15) is 0 Å². The van der Waals surface area contributed by atoms with Crippen molar-refractivity contribution in [2.45, 2.75) is 25.2 Å². The largest absolute Gasteiger partial charge is 0.315 e. The second kappa shape index (κ2) is 6.82. The molecule has 1 aromatic rings. The van der Waals surface area contributed by atoms with Crippen LogP contribution >= 0.6 is 0 Å². The van der Waals surface area contributed by atoms with E-state index in [0.29, 0.717) is 18.7 Å². The molecule has 0 aliphatic heterocycles. The third kappa shape index (κ3) is 4.36. The molecule has 0 unspecified atom stereocenters. The highest BCUT2D eigenvalue weighted by Crippen LogP contribution is 2.15. The lowest BCUT2D eigenvalue weighted by Gasteiger charge is -2.09. The van der Waals surface area contributed by atoms with Crippen molar-refractivity contribution in [2.24, 2.45) is 0 Å². The molecule has 0 saturated carbocycles. The van der Waals surface area contributed by atoms with Crippen LogP contribution in [0.3, 0.4) is 0 Å². The van der Waals surface area contributed by atoms with Crippen molar-refractivity contribution in [1.82, 2.24) is 10.0 Å². The molecular formula is C12H19FN2O2S. The summed E-state index contributed by atoms with van der Waals surface area (Å²) < 4.78 is 39.3. The first-order valence-corrected chi connectivity index (χ1v) is 7.42. The second-order valence-corrected chi connectivity index (χ2v) is 5.79. The van der Waals surface area contributed by atoms with Gasteiger partial charge in [0.05, 0.1) is 4.90 Å². The lowest BCUT2D eigenvalue weighted by molar-refractivity contribution is 0.574. The first-order chi connectivity index (χ1) is 8.47. The molecule has 0 aliphatic rings. The van der Waals surface area contributed by atoms with Crippen molar-refractivity contribution in [2.75, 3.05) is 19.6 Å². The number of rotatable bonds is 7. The predicted octanol–water partition coefficient (Wildman–Crippen LogP) is 1.41. The number of sulfonamides is 1. The Balaban J connectivity index is 2.63. The normalized spacial score (nSPS) is 11.7. The molecule has 1 aromatic carbocycles. The number of hydrogen-bond acceptors (Lipinski definition) is 3. The molecule has 1 rings (SSSR count). The van der Waals surface area contributed by atoms with Crippen LogP contribution in [0.25, 0.3) is 0 Å². The van der Waals surface area contributed by atoms with Gasteiger partial charge in [0.25, 0.3) is 0 Å². The van der Waals surface area contributed by atoms with Gasteiger partial charge < -0.3 is 5.32 Å². The fraction of sp³-hybridized carbons (Fsp3) is 0.500. The van der Waals surface area contributed by atoms with Gasteiger partial charge in [-0.05, 0) is 43.7 Å². The molecule has 102 valence electrons. The van der Waals surface area contributed by atoms with E-state index < -0.39 is 15.8 Å². The molecule has 0 saturated heterocycles. The number of benzene rings is 1. The maximum Gasteiger partial charge on any atom is 0.240 e. The van der Waals surface area contributed by atoms with Crippen LogP contribution in [0.15, 0.2) is 23.1 Å². The molecule has 18 heavy (non-hydrogen) atoms. The van der Waals surface area contributed by atoms with Crippen molar-refractivity contribution in [3.8, 4) is 0 Å². The van der Waals surface area contributed by atoms with Crippen molar-refractivity contribution < 1.29 is 12.8 Å². The van der Waals surface area contributed by atoms with Crippen LogP contribution in [-0.4, -0.2) is 28.1 Å². The Labute approximate surface area is 108 Å². The smallest absolute Gasteiger partial charge is 0.240 e. The van der Waals surface area contributed by atoms with E-state index in [1.807, 2.05) is 6.92 Å². The Bertz CT molecular complexity index is 489. The molecule has 0 fully saturated rings. The van der Waals surface area contributed by atoms with E-state index in [9.17, 15) is 12.8 Å². The fourth-order valence-electron chi connectivity index (χ4n) is 1.57. The highest BCUT2D eigenvalue weighted by molar-refractivity contribution is 7.89. The molecule has 0 aliphatic carbocycles. The van der Waals surface area contributed by atoms with Gasteiger partial charge >= 0.3 is 0 Å². The Hall–Kier alpha value is -0.980. The summed E-state index contributed by atoms with van der Waals surface area (Å²) >= 11 is 0. The highest BCUT2D eigenvalue weighted by atomic mass is 32.2. The summed E-state index contributed by atoms with van der Waals surface area (Å²) in [6.45, 7) is 5.37. The molecule has 0 aromatic heterocycles. The maximum absolute atomic E-state index is 12.9. The lowest BCUT2D eigenvalue weighted by Crippen LogP contribution is -2.32. The zero-order valence-corrected chi connectivity index (χ0v) is 11.5.